The highest BCUT2D eigenvalue weighted by atomic mass is 35.5. The zero-order chi connectivity index (χ0) is 12.3. The fourth-order valence-corrected chi connectivity index (χ4v) is 2.56. The van der Waals surface area contributed by atoms with Crippen molar-refractivity contribution >= 4 is 34.4 Å². The molecule has 0 saturated heterocycles. The van der Waals surface area contributed by atoms with Crippen LogP contribution in [-0.4, -0.2) is 11.0 Å². The summed E-state index contributed by atoms with van der Waals surface area (Å²) in [6.07, 6.45) is 0.956. The highest BCUT2D eigenvalue weighted by molar-refractivity contribution is 7.07. The van der Waals surface area contributed by atoms with Crippen LogP contribution in [0.2, 0.25) is 5.15 Å². The molecule has 2 aromatic rings. The highest BCUT2D eigenvalue weighted by Gasteiger charge is 2.06. The number of nitrogens with two attached hydrogens (primary N) is 1. The summed E-state index contributed by atoms with van der Waals surface area (Å²) < 4.78 is 0. The van der Waals surface area contributed by atoms with E-state index in [0.29, 0.717) is 10.8 Å². The first-order chi connectivity index (χ1) is 8.13. The van der Waals surface area contributed by atoms with Crippen molar-refractivity contribution in [1.82, 2.24) is 4.98 Å². The molecule has 0 aromatic carbocycles. The summed E-state index contributed by atoms with van der Waals surface area (Å²) in [5.74, 6) is 0.720. The molecule has 90 valence electrons. The number of pyridine rings is 1. The molecule has 1 unspecified atom stereocenters. The average molecular weight is 268 g/mol. The van der Waals surface area contributed by atoms with Gasteiger partial charge in [0.15, 0.2) is 0 Å². The quantitative estimate of drug-likeness (QED) is 0.835. The summed E-state index contributed by atoms with van der Waals surface area (Å²) in [5, 5.41) is 7.93. The lowest BCUT2D eigenvalue weighted by molar-refractivity contribution is 0.787. The number of nitrogen functional groups attached to an aromatic ring is 1. The molecule has 0 bridgehead atoms. The Balaban J connectivity index is 2.00. The summed E-state index contributed by atoms with van der Waals surface area (Å²) in [4.78, 5) is 4.18. The Morgan fingerprint density at radius 2 is 2.35 bits per heavy atom. The van der Waals surface area contributed by atoms with E-state index in [1.54, 1.807) is 23.5 Å². The molecule has 1 atom stereocenters. The zero-order valence-corrected chi connectivity index (χ0v) is 11.1. The molecule has 0 fully saturated rings. The summed E-state index contributed by atoms with van der Waals surface area (Å²) in [5.41, 5.74) is 7.65. The van der Waals surface area contributed by atoms with Gasteiger partial charge in [-0.25, -0.2) is 4.98 Å². The molecule has 17 heavy (non-hydrogen) atoms. The number of halogens is 1. The number of aromatic nitrogens is 1. The molecule has 5 heteroatoms. The highest BCUT2D eigenvalue weighted by Crippen LogP contribution is 2.17. The Morgan fingerprint density at radius 1 is 1.53 bits per heavy atom. The molecule has 0 spiro atoms. The van der Waals surface area contributed by atoms with Crippen LogP contribution in [0.15, 0.2) is 29.0 Å². The van der Waals surface area contributed by atoms with Crippen LogP contribution < -0.4 is 11.1 Å². The van der Waals surface area contributed by atoms with Gasteiger partial charge in [-0.15, -0.1) is 0 Å². The normalized spacial score (nSPS) is 12.4. The van der Waals surface area contributed by atoms with E-state index < -0.39 is 0 Å². The molecule has 0 aliphatic carbocycles. The third-order valence-electron chi connectivity index (χ3n) is 2.33. The largest absolute Gasteiger partial charge is 0.399 e. The van der Waals surface area contributed by atoms with E-state index >= 15 is 0 Å². The molecule has 3 nitrogen and oxygen atoms in total. The lowest BCUT2D eigenvalue weighted by Crippen LogP contribution is -2.18. The van der Waals surface area contributed by atoms with Crippen molar-refractivity contribution in [3.05, 3.63) is 39.7 Å². The van der Waals surface area contributed by atoms with Crippen LogP contribution in [0.4, 0.5) is 11.5 Å². The second kappa shape index (κ2) is 5.38. The molecule has 2 heterocycles. The zero-order valence-electron chi connectivity index (χ0n) is 9.48. The molecule has 2 aromatic heterocycles. The van der Waals surface area contributed by atoms with Gasteiger partial charge in [-0.3, -0.25) is 0 Å². The van der Waals surface area contributed by atoms with Gasteiger partial charge in [-0.1, -0.05) is 11.6 Å². The van der Waals surface area contributed by atoms with Crippen molar-refractivity contribution in [2.45, 2.75) is 19.4 Å². The second-order valence-corrected chi connectivity index (χ2v) is 5.16. The minimum atomic E-state index is 0.287. The SMILES string of the molecule is CC(Cc1ccsc1)Nc1cc(N)cc(Cl)n1. The van der Waals surface area contributed by atoms with Crippen LogP contribution in [0.5, 0.6) is 0 Å². The van der Waals surface area contributed by atoms with Gasteiger partial charge >= 0.3 is 0 Å². The standard InChI is InChI=1S/C12H14ClN3S/c1-8(4-9-2-3-17-7-9)15-12-6-10(14)5-11(13)16-12/h2-3,5-8H,4H2,1H3,(H3,14,15,16). The van der Waals surface area contributed by atoms with Gasteiger partial charge in [0.2, 0.25) is 0 Å². The van der Waals surface area contributed by atoms with Gasteiger partial charge < -0.3 is 11.1 Å². The Hall–Kier alpha value is -1.26. The Kier molecular flexibility index (Phi) is 3.86. The predicted octanol–water partition coefficient (Wildman–Crippen LogP) is 3.42. The van der Waals surface area contributed by atoms with Crippen molar-refractivity contribution in [1.29, 1.82) is 0 Å². The van der Waals surface area contributed by atoms with E-state index in [2.05, 4.69) is 34.1 Å². The van der Waals surface area contributed by atoms with Crippen LogP contribution in [0.3, 0.4) is 0 Å². The fourth-order valence-electron chi connectivity index (χ4n) is 1.66. The molecule has 2 rings (SSSR count). The molecule has 0 aliphatic heterocycles. The number of hydrogen-bond donors (Lipinski definition) is 2. The molecule has 3 N–H and O–H groups in total. The number of anilines is 2. The van der Waals surface area contributed by atoms with Crippen molar-refractivity contribution in [3.63, 3.8) is 0 Å². The van der Waals surface area contributed by atoms with Crippen molar-refractivity contribution in [3.8, 4) is 0 Å². The third kappa shape index (κ3) is 3.61. The number of nitrogens with one attached hydrogen (secondary N) is 1. The smallest absolute Gasteiger partial charge is 0.133 e. The van der Waals surface area contributed by atoms with Gasteiger partial charge in [-0.2, -0.15) is 11.3 Å². The van der Waals surface area contributed by atoms with E-state index in [0.717, 1.165) is 12.2 Å². The van der Waals surface area contributed by atoms with E-state index in [9.17, 15) is 0 Å². The van der Waals surface area contributed by atoms with Crippen LogP contribution in [0.25, 0.3) is 0 Å². The second-order valence-electron chi connectivity index (χ2n) is 3.99. The van der Waals surface area contributed by atoms with Crippen LogP contribution in [0.1, 0.15) is 12.5 Å². The van der Waals surface area contributed by atoms with Crippen LogP contribution in [-0.2, 0) is 6.42 Å². The van der Waals surface area contributed by atoms with Crippen molar-refractivity contribution in [2.75, 3.05) is 11.1 Å². The summed E-state index contributed by atoms with van der Waals surface area (Å²) in [7, 11) is 0. The average Bonchev–Trinajstić information content (AvgIpc) is 2.67. The fraction of sp³-hybridized carbons (Fsp3) is 0.250. The monoisotopic (exact) mass is 267 g/mol. The lowest BCUT2D eigenvalue weighted by atomic mass is 10.1. The first kappa shape index (κ1) is 12.2. The molecular formula is C12H14ClN3S. The topological polar surface area (TPSA) is 50.9 Å². The van der Waals surface area contributed by atoms with Gasteiger partial charge in [0, 0.05) is 17.8 Å². The van der Waals surface area contributed by atoms with Crippen LogP contribution >= 0.6 is 22.9 Å². The van der Waals surface area contributed by atoms with E-state index in [1.807, 2.05) is 0 Å². The maximum atomic E-state index is 5.85. The minimum Gasteiger partial charge on any atom is -0.399 e. The summed E-state index contributed by atoms with van der Waals surface area (Å²) >= 11 is 7.56. The third-order valence-corrected chi connectivity index (χ3v) is 3.26. The van der Waals surface area contributed by atoms with Gasteiger partial charge in [0.05, 0.1) is 0 Å². The first-order valence-corrected chi connectivity index (χ1v) is 6.66. The predicted molar refractivity (Wildman–Crippen MR) is 74.8 cm³/mol. The Morgan fingerprint density at radius 3 is 3.00 bits per heavy atom. The maximum Gasteiger partial charge on any atom is 0.133 e. The van der Waals surface area contributed by atoms with Gasteiger partial charge in [-0.05, 0) is 41.8 Å². The molecule has 0 saturated carbocycles. The van der Waals surface area contributed by atoms with Crippen LogP contribution in [0, 0.1) is 0 Å². The molecule has 0 amide bonds. The number of rotatable bonds is 4. The van der Waals surface area contributed by atoms with Gasteiger partial charge in [0.1, 0.15) is 11.0 Å². The maximum absolute atomic E-state index is 5.85. The van der Waals surface area contributed by atoms with Gasteiger partial charge in [0.25, 0.3) is 0 Å². The first-order valence-electron chi connectivity index (χ1n) is 5.34. The number of thiophene rings is 1. The van der Waals surface area contributed by atoms with E-state index in [1.165, 1.54) is 5.56 Å². The number of hydrogen-bond acceptors (Lipinski definition) is 4. The summed E-state index contributed by atoms with van der Waals surface area (Å²) in [6, 6.07) is 5.84. The molecule has 0 aliphatic rings. The van der Waals surface area contributed by atoms with Crippen molar-refractivity contribution < 1.29 is 0 Å². The molecule has 0 radical (unpaired) electrons. The summed E-state index contributed by atoms with van der Waals surface area (Å²) in [6.45, 7) is 2.11. The van der Waals surface area contributed by atoms with E-state index in [4.69, 9.17) is 17.3 Å². The van der Waals surface area contributed by atoms with E-state index in [-0.39, 0.29) is 6.04 Å². The van der Waals surface area contributed by atoms with Crippen molar-refractivity contribution in [2.24, 2.45) is 0 Å². The lowest BCUT2D eigenvalue weighted by Gasteiger charge is -2.14. The Bertz CT molecular complexity index is 464. The minimum absolute atomic E-state index is 0.287. The number of nitrogens with zero attached hydrogens (tertiary/aromatic N) is 1. The molecular weight excluding hydrogens is 254 g/mol. The Labute approximate surface area is 110 Å².